The van der Waals surface area contributed by atoms with Crippen LogP contribution in [0.3, 0.4) is 0 Å². The van der Waals surface area contributed by atoms with Gasteiger partial charge in [-0.3, -0.25) is 9.48 Å². The van der Waals surface area contributed by atoms with Gasteiger partial charge in [0.1, 0.15) is 24.0 Å². The molecule has 2 aromatic heterocycles. The van der Waals surface area contributed by atoms with Crippen LogP contribution in [0.15, 0.2) is 24.5 Å². The predicted molar refractivity (Wildman–Crippen MR) is 92.0 cm³/mol. The number of carbonyl (C=O) groups excluding carboxylic acids is 1. The molecule has 3 rings (SSSR count). The summed E-state index contributed by atoms with van der Waals surface area (Å²) in [6.45, 7) is 7.99. The van der Waals surface area contributed by atoms with Crippen molar-refractivity contribution in [3.8, 4) is 0 Å². The number of aromatic nitrogens is 4. The Morgan fingerprint density at radius 1 is 1.25 bits per heavy atom. The Kier molecular flexibility index (Phi) is 4.93. The fourth-order valence-corrected chi connectivity index (χ4v) is 2.80. The highest BCUT2D eigenvalue weighted by Gasteiger charge is 2.22. The second-order valence-corrected chi connectivity index (χ2v) is 5.76. The minimum absolute atomic E-state index is 0.102. The summed E-state index contributed by atoms with van der Waals surface area (Å²) >= 11 is 0. The Balaban J connectivity index is 1.59. The molecule has 8 heteroatoms. The first-order chi connectivity index (χ1) is 11.7. The molecule has 0 atom stereocenters. The standard InChI is InChI=1S/C16H23N7O/c1-3-17-14-11-15(20-13(2)19-14)21-7-9-22(10-8-21)16(24)12-23-6-4-5-18-23/h4-6,11H,3,7-10,12H2,1-2H3,(H,17,19,20). The fourth-order valence-electron chi connectivity index (χ4n) is 2.80. The summed E-state index contributed by atoms with van der Waals surface area (Å²) < 4.78 is 1.66. The van der Waals surface area contributed by atoms with Crippen LogP contribution in [0, 0.1) is 6.92 Å². The van der Waals surface area contributed by atoms with Crippen molar-refractivity contribution in [2.24, 2.45) is 0 Å². The zero-order chi connectivity index (χ0) is 16.9. The Bertz CT molecular complexity index is 678. The number of carbonyl (C=O) groups is 1. The lowest BCUT2D eigenvalue weighted by Crippen LogP contribution is -2.50. The lowest BCUT2D eigenvalue weighted by atomic mass is 10.3. The fraction of sp³-hybridized carbons (Fsp3) is 0.500. The minimum Gasteiger partial charge on any atom is -0.370 e. The molecule has 1 fully saturated rings. The van der Waals surface area contributed by atoms with E-state index in [1.54, 1.807) is 17.1 Å². The molecule has 8 nitrogen and oxygen atoms in total. The summed E-state index contributed by atoms with van der Waals surface area (Å²) in [6.07, 6.45) is 3.49. The van der Waals surface area contributed by atoms with Crippen LogP contribution in [0.5, 0.6) is 0 Å². The van der Waals surface area contributed by atoms with Crippen LogP contribution in [0.25, 0.3) is 0 Å². The summed E-state index contributed by atoms with van der Waals surface area (Å²) in [5, 5.41) is 7.31. The average Bonchev–Trinajstić information content (AvgIpc) is 3.08. The average molecular weight is 329 g/mol. The van der Waals surface area contributed by atoms with Crippen LogP contribution in [-0.4, -0.2) is 63.3 Å². The van der Waals surface area contributed by atoms with Gasteiger partial charge in [-0.1, -0.05) is 0 Å². The van der Waals surface area contributed by atoms with Gasteiger partial charge in [0, 0.05) is 51.2 Å². The van der Waals surface area contributed by atoms with Gasteiger partial charge < -0.3 is 15.1 Å². The van der Waals surface area contributed by atoms with Crippen molar-refractivity contribution < 1.29 is 4.79 Å². The quantitative estimate of drug-likeness (QED) is 0.872. The van der Waals surface area contributed by atoms with Gasteiger partial charge in [-0.05, 0) is 19.9 Å². The van der Waals surface area contributed by atoms with Gasteiger partial charge in [0.2, 0.25) is 5.91 Å². The third-order valence-corrected chi connectivity index (χ3v) is 4.00. The maximum Gasteiger partial charge on any atom is 0.244 e. The van der Waals surface area contributed by atoms with Crippen molar-refractivity contribution in [1.82, 2.24) is 24.6 Å². The number of hydrogen-bond acceptors (Lipinski definition) is 6. The second-order valence-electron chi connectivity index (χ2n) is 5.76. The highest BCUT2D eigenvalue weighted by molar-refractivity contribution is 5.76. The van der Waals surface area contributed by atoms with E-state index in [9.17, 15) is 4.79 Å². The maximum absolute atomic E-state index is 12.3. The molecule has 0 bridgehead atoms. The van der Waals surface area contributed by atoms with Gasteiger partial charge in [0.05, 0.1) is 0 Å². The minimum atomic E-state index is 0.102. The van der Waals surface area contributed by atoms with Crippen molar-refractivity contribution in [3.05, 3.63) is 30.4 Å². The van der Waals surface area contributed by atoms with E-state index in [4.69, 9.17) is 0 Å². The molecule has 0 saturated carbocycles. The summed E-state index contributed by atoms with van der Waals surface area (Å²) in [4.78, 5) is 25.3. The third kappa shape index (κ3) is 3.81. The lowest BCUT2D eigenvalue weighted by molar-refractivity contribution is -0.132. The Morgan fingerprint density at radius 3 is 2.71 bits per heavy atom. The number of piperazine rings is 1. The van der Waals surface area contributed by atoms with Gasteiger partial charge in [0.15, 0.2) is 0 Å². The molecule has 0 spiro atoms. The first-order valence-electron chi connectivity index (χ1n) is 8.25. The summed E-state index contributed by atoms with van der Waals surface area (Å²) in [5.41, 5.74) is 0. The third-order valence-electron chi connectivity index (χ3n) is 4.00. The number of anilines is 2. The van der Waals surface area contributed by atoms with E-state index in [0.717, 1.165) is 37.1 Å². The van der Waals surface area contributed by atoms with Crippen molar-refractivity contribution in [2.45, 2.75) is 20.4 Å². The van der Waals surface area contributed by atoms with Gasteiger partial charge in [-0.2, -0.15) is 5.10 Å². The lowest BCUT2D eigenvalue weighted by Gasteiger charge is -2.35. The highest BCUT2D eigenvalue weighted by Crippen LogP contribution is 2.17. The molecule has 128 valence electrons. The zero-order valence-corrected chi connectivity index (χ0v) is 14.1. The van der Waals surface area contributed by atoms with E-state index in [0.29, 0.717) is 19.6 Å². The van der Waals surface area contributed by atoms with Gasteiger partial charge in [-0.25, -0.2) is 9.97 Å². The maximum atomic E-state index is 12.3. The van der Waals surface area contributed by atoms with E-state index in [-0.39, 0.29) is 5.91 Å². The number of rotatable bonds is 5. The highest BCUT2D eigenvalue weighted by atomic mass is 16.2. The van der Waals surface area contributed by atoms with Crippen LogP contribution in [-0.2, 0) is 11.3 Å². The molecule has 0 radical (unpaired) electrons. The number of hydrogen-bond donors (Lipinski definition) is 1. The smallest absolute Gasteiger partial charge is 0.244 e. The second kappa shape index (κ2) is 7.29. The normalized spacial score (nSPS) is 14.8. The molecule has 1 aliphatic heterocycles. The number of nitrogens with one attached hydrogen (secondary N) is 1. The van der Waals surface area contributed by atoms with E-state index >= 15 is 0 Å². The largest absolute Gasteiger partial charge is 0.370 e. The summed E-state index contributed by atoms with van der Waals surface area (Å²) in [7, 11) is 0. The molecule has 3 heterocycles. The van der Waals surface area contributed by atoms with Crippen LogP contribution in [0.4, 0.5) is 11.6 Å². The van der Waals surface area contributed by atoms with E-state index < -0.39 is 0 Å². The summed E-state index contributed by atoms with van der Waals surface area (Å²) in [5.74, 6) is 2.61. The van der Waals surface area contributed by atoms with Crippen molar-refractivity contribution >= 4 is 17.5 Å². The number of aryl methyl sites for hydroxylation is 1. The Morgan fingerprint density at radius 2 is 2.04 bits per heavy atom. The Hall–Kier alpha value is -2.64. The molecule has 2 aromatic rings. The SMILES string of the molecule is CCNc1cc(N2CCN(C(=O)Cn3cccn3)CC2)nc(C)n1. The van der Waals surface area contributed by atoms with Crippen molar-refractivity contribution in [3.63, 3.8) is 0 Å². The van der Waals surface area contributed by atoms with Crippen LogP contribution >= 0.6 is 0 Å². The molecular weight excluding hydrogens is 306 g/mol. The van der Waals surface area contributed by atoms with E-state index in [1.165, 1.54) is 0 Å². The van der Waals surface area contributed by atoms with Gasteiger partial charge in [-0.15, -0.1) is 0 Å². The zero-order valence-electron chi connectivity index (χ0n) is 14.1. The van der Waals surface area contributed by atoms with Crippen molar-refractivity contribution in [1.29, 1.82) is 0 Å². The van der Waals surface area contributed by atoms with Crippen molar-refractivity contribution in [2.75, 3.05) is 42.9 Å². The molecule has 0 aromatic carbocycles. The first kappa shape index (κ1) is 16.2. The molecule has 1 saturated heterocycles. The van der Waals surface area contributed by atoms with E-state index in [1.807, 2.05) is 30.9 Å². The number of amides is 1. The molecule has 0 unspecified atom stereocenters. The van der Waals surface area contributed by atoms with E-state index in [2.05, 4.69) is 25.3 Å². The predicted octanol–water partition coefficient (Wildman–Crippen LogP) is 0.762. The molecular formula is C16H23N7O. The number of nitrogens with zero attached hydrogens (tertiary/aromatic N) is 6. The molecule has 1 N–H and O–H groups in total. The monoisotopic (exact) mass is 329 g/mol. The molecule has 1 amide bonds. The molecule has 1 aliphatic rings. The van der Waals surface area contributed by atoms with Gasteiger partial charge >= 0.3 is 0 Å². The van der Waals surface area contributed by atoms with Crippen LogP contribution in [0.2, 0.25) is 0 Å². The molecule has 0 aliphatic carbocycles. The Labute approximate surface area is 141 Å². The van der Waals surface area contributed by atoms with Crippen LogP contribution in [0.1, 0.15) is 12.7 Å². The van der Waals surface area contributed by atoms with Crippen LogP contribution < -0.4 is 10.2 Å². The first-order valence-corrected chi connectivity index (χ1v) is 8.25. The summed E-state index contributed by atoms with van der Waals surface area (Å²) in [6, 6.07) is 3.79. The molecule has 24 heavy (non-hydrogen) atoms. The van der Waals surface area contributed by atoms with Gasteiger partial charge in [0.25, 0.3) is 0 Å². The topological polar surface area (TPSA) is 79.2 Å².